The molecule has 1 fully saturated rings. The molecular weight excluding hydrogens is 481 g/mol. The van der Waals surface area contributed by atoms with E-state index in [1.807, 2.05) is 46.5 Å². The lowest BCUT2D eigenvalue weighted by molar-refractivity contribution is -0.114. The number of hydrogen-bond acceptors (Lipinski definition) is 4. The number of halogens is 1. The van der Waals surface area contributed by atoms with Crippen molar-refractivity contribution in [2.75, 3.05) is 23.3 Å². The van der Waals surface area contributed by atoms with Gasteiger partial charge in [0, 0.05) is 48.8 Å². The number of nitrogens with zero attached hydrogens (tertiary/aromatic N) is 4. The number of fused-ring (bicyclic) bond motifs is 2. The van der Waals surface area contributed by atoms with Crippen molar-refractivity contribution in [1.29, 1.82) is 5.41 Å². The van der Waals surface area contributed by atoms with Crippen molar-refractivity contribution in [1.82, 2.24) is 19.1 Å². The highest BCUT2D eigenvalue weighted by Gasteiger charge is 2.26. The van der Waals surface area contributed by atoms with Gasteiger partial charge in [-0.15, -0.1) is 0 Å². The van der Waals surface area contributed by atoms with Gasteiger partial charge in [-0.25, -0.2) is 9.37 Å². The molecule has 1 aliphatic heterocycles. The summed E-state index contributed by atoms with van der Waals surface area (Å²) in [6.07, 6.45) is 3.47. The Balaban J connectivity index is 1.34. The van der Waals surface area contributed by atoms with E-state index in [1.165, 1.54) is 13.0 Å². The molecule has 0 spiro atoms. The van der Waals surface area contributed by atoms with E-state index in [2.05, 4.69) is 27.3 Å². The van der Waals surface area contributed by atoms with E-state index in [0.717, 1.165) is 51.9 Å². The van der Waals surface area contributed by atoms with Crippen LogP contribution in [0.25, 0.3) is 21.9 Å². The van der Waals surface area contributed by atoms with Crippen molar-refractivity contribution in [2.45, 2.75) is 39.3 Å². The second-order valence-corrected chi connectivity index (χ2v) is 9.99. The zero-order valence-corrected chi connectivity index (χ0v) is 21.5. The molecule has 0 bridgehead atoms. The number of benzene rings is 2. The number of hydrogen-bond donors (Lipinski definition) is 3. The molecule has 194 valence electrons. The van der Waals surface area contributed by atoms with Gasteiger partial charge in [0.05, 0.1) is 23.3 Å². The standard InChI is InChI=1S/C29H30FN7O/c1-18-6-8-25(34-19(2)38)28(33-18)35-14-11-22(12-15-35)37-27-16-21(30)7-9-26(27)36(29(37)31)17-20-4-3-5-24-23(20)10-13-32-24/h3-10,13,16,22,31-32H,11-12,14-15,17H2,1-2H3,(H,34,38). The molecule has 6 rings (SSSR count). The van der Waals surface area contributed by atoms with Crippen molar-refractivity contribution in [3.63, 3.8) is 0 Å². The van der Waals surface area contributed by atoms with Crippen molar-refractivity contribution >= 4 is 39.3 Å². The van der Waals surface area contributed by atoms with Crippen molar-refractivity contribution < 1.29 is 9.18 Å². The maximum absolute atomic E-state index is 14.4. The number of aromatic amines is 1. The van der Waals surface area contributed by atoms with E-state index in [0.29, 0.717) is 30.9 Å². The smallest absolute Gasteiger partial charge is 0.221 e. The monoisotopic (exact) mass is 511 g/mol. The highest BCUT2D eigenvalue weighted by molar-refractivity contribution is 5.92. The Labute approximate surface area is 219 Å². The SMILES string of the molecule is CC(=O)Nc1ccc(C)nc1N1CCC(n2c(=N)n(Cc3cccc4[nH]ccc34)c3ccc(F)cc32)CC1. The van der Waals surface area contributed by atoms with Crippen LogP contribution in [0.15, 0.2) is 60.8 Å². The lowest BCUT2D eigenvalue weighted by Crippen LogP contribution is -2.38. The molecule has 38 heavy (non-hydrogen) atoms. The zero-order valence-electron chi connectivity index (χ0n) is 21.5. The van der Waals surface area contributed by atoms with Crippen molar-refractivity contribution in [3.8, 4) is 0 Å². The molecular formula is C29H30FN7O. The lowest BCUT2D eigenvalue weighted by atomic mass is 10.0. The van der Waals surface area contributed by atoms with Gasteiger partial charge in [0.25, 0.3) is 0 Å². The van der Waals surface area contributed by atoms with E-state index < -0.39 is 0 Å². The predicted octanol–water partition coefficient (Wildman–Crippen LogP) is 5.09. The molecule has 0 atom stereocenters. The minimum atomic E-state index is -0.308. The summed E-state index contributed by atoms with van der Waals surface area (Å²) < 4.78 is 18.4. The second-order valence-electron chi connectivity index (χ2n) is 9.99. The number of anilines is 2. The number of amides is 1. The first-order valence-corrected chi connectivity index (χ1v) is 12.9. The number of H-pyrrole nitrogens is 1. The largest absolute Gasteiger partial charge is 0.361 e. The number of rotatable bonds is 5. The van der Waals surface area contributed by atoms with Crippen molar-refractivity contribution in [3.05, 3.63) is 83.5 Å². The normalized spacial score (nSPS) is 14.4. The molecule has 8 nitrogen and oxygen atoms in total. The lowest BCUT2D eigenvalue weighted by Gasteiger charge is -2.34. The number of aromatic nitrogens is 4. The van der Waals surface area contributed by atoms with Crippen LogP contribution >= 0.6 is 0 Å². The van der Waals surface area contributed by atoms with Gasteiger partial charge < -0.3 is 24.3 Å². The van der Waals surface area contributed by atoms with Gasteiger partial charge in [-0.1, -0.05) is 12.1 Å². The third-order valence-corrected chi connectivity index (χ3v) is 7.44. The first kappa shape index (κ1) is 24.0. The van der Waals surface area contributed by atoms with Crippen LogP contribution in [0.4, 0.5) is 15.9 Å². The van der Waals surface area contributed by atoms with Crippen LogP contribution in [-0.4, -0.2) is 38.1 Å². The van der Waals surface area contributed by atoms with Crippen LogP contribution in [0, 0.1) is 18.2 Å². The van der Waals surface area contributed by atoms with Gasteiger partial charge in [0.15, 0.2) is 5.82 Å². The van der Waals surface area contributed by atoms with Gasteiger partial charge in [0.1, 0.15) is 5.82 Å². The molecule has 3 aromatic heterocycles. The van der Waals surface area contributed by atoms with E-state index in [4.69, 9.17) is 4.98 Å². The summed E-state index contributed by atoms with van der Waals surface area (Å²) >= 11 is 0. The van der Waals surface area contributed by atoms with Crippen LogP contribution in [-0.2, 0) is 11.3 Å². The fraction of sp³-hybridized carbons (Fsp3) is 0.276. The molecule has 1 aliphatic rings. The molecule has 3 N–H and O–H groups in total. The molecule has 5 aromatic rings. The Kier molecular flexibility index (Phi) is 5.98. The number of imidazole rings is 1. The molecule has 1 amide bonds. The third-order valence-electron chi connectivity index (χ3n) is 7.44. The summed E-state index contributed by atoms with van der Waals surface area (Å²) in [5.41, 5.74) is 5.70. The maximum Gasteiger partial charge on any atom is 0.221 e. The highest BCUT2D eigenvalue weighted by Crippen LogP contribution is 2.32. The maximum atomic E-state index is 14.4. The second kappa shape index (κ2) is 9.48. The fourth-order valence-corrected chi connectivity index (χ4v) is 5.67. The molecule has 1 saturated heterocycles. The van der Waals surface area contributed by atoms with Gasteiger partial charge >= 0.3 is 0 Å². The van der Waals surface area contributed by atoms with Crippen LogP contribution < -0.4 is 15.8 Å². The van der Waals surface area contributed by atoms with Gasteiger partial charge in [0.2, 0.25) is 11.5 Å². The Morgan fingerprint density at radius 3 is 2.74 bits per heavy atom. The minimum Gasteiger partial charge on any atom is -0.361 e. The molecule has 2 aromatic carbocycles. The van der Waals surface area contributed by atoms with Crippen LogP contribution in [0.3, 0.4) is 0 Å². The number of carbonyl (C=O) groups excluding carboxylic acids is 1. The summed E-state index contributed by atoms with van der Waals surface area (Å²) in [4.78, 5) is 21.9. The first-order valence-electron chi connectivity index (χ1n) is 12.9. The quantitative estimate of drug-likeness (QED) is 0.307. The first-order chi connectivity index (χ1) is 18.4. The topological polar surface area (TPSA) is 94.7 Å². The van der Waals surface area contributed by atoms with Gasteiger partial charge in [-0.3, -0.25) is 10.2 Å². The number of aryl methyl sites for hydroxylation is 1. The highest BCUT2D eigenvalue weighted by atomic mass is 19.1. The van der Waals surface area contributed by atoms with E-state index in [1.54, 1.807) is 12.1 Å². The summed E-state index contributed by atoms with van der Waals surface area (Å²) in [7, 11) is 0. The number of carbonyl (C=O) groups is 1. The Morgan fingerprint density at radius 2 is 1.95 bits per heavy atom. The van der Waals surface area contributed by atoms with Gasteiger partial charge in [-0.2, -0.15) is 0 Å². The fourth-order valence-electron chi connectivity index (χ4n) is 5.67. The van der Waals surface area contributed by atoms with E-state index in [-0.39, 0.29) is 17.8 Å². The molecule has 0 aliphatic carbocycles. The third kappa shape index (κ3) is 4.23. The average molecular weight is 512 g/mol. The predicted molar refractivity (Wildman–Crippen MR) is 147 cm³/mol. The molecule has 0 unspecified atom stereocenters. The number of nitrogens with one attached hydrogen (secondary N) is 3. The molecule has 9 heteroatoms. The number of pyridine rings is 1. The minimum absolute atomic E-state index is 0.0429. The van der Waals surface area contributed by atoms with Crippen molar-refractivity contribution in [2.24, 2.45) is 0 Å². The molecule has 4 heterocycles. The Hall–Kier alpha value is -4.40. The van der Waals surface area contributed by atoms with Crippen LogP contribution in [0.2, 0.25) is 0 Å². The summed E-state index contributed by atoms with van der Waals surface area (Å²) in [5, 5.41) is 13.2. The molecule has 0 saturated carbocycles. The van der Waals surface area contributed by atoms with Crippen LogP contribution in [0.5, 0.6) is 0 Å². The van der Waals surface area contributed by atoms with Gasteiger partial charge in [-0.05, 0) is 67.8 Å². The summed E-state index contributed by atoms with van der Waals surface area (Å²) in [6, 6.07) is 16.8. The zero-order chi connectivity index (χ0) is 26.4. The molecule has 0 radical (unpaired) electrons. The Bertz CT molecular complexity index is 1720. The van der Waals surface area contributed by atoms with Crippen LogP contribution in [0.1, 0.15) is 37.1 Å². The summed E-state index contributed by atoms with van der Waals surface area (Å²) in [6.45, 7) is 5.38. The summed E-state index contributed by atoms with van der Waals surface area (Å²) in [5.74, 6) is 0.326. The van der Waals surface area contributed by atoms with E-state index >= 15 is 0 Å². The number of piperidine rings is 1. The van der Waals surface area contributed by atoms with E-state index in [9.17, 15) is 14.6 Å². The average Bonchev–Trinajstić information content (AvgIpc) is 3.48. The Morgan fingerprint density at radius 1 is 1.13 bits per heavy atom.